The van der Waals surface area contributed by atoms with Crippen molar-refractivity contribution in [2.24, 2.45) is 5.10 Å². The predicted molar refractivity (Wildman–Crippen MR) is 105 cm³/mol. The standard InChI is InChI=1S/C19H19BrFN3O3/c1-12-9-14(20)7-8-17(12)27-11-19(26)24-23-13(2)10-18(25)22-16-6-4-3-5-15(16)21/h3-9H,10-11H2,1-2H3,(H,22,25)(H,24,26). The molecule has 6 nitrogen and oxygen atoms in total. The van der Waals surface area contributed by atoms with Crippen molar-refractivity contribution in [3.63, 3.8) is 0 Å². The van der Waals surface area contributed by atoms with Gasteiger partial charge in [-0.1, -0.05) is 28.1 Å². The number of para-hydroxylation sites is 1. The fourth-order valence-corrected chi connectivity index (χ4v) is 2.61. The van der Waals surface area contributed by atoms with Crippen molar-refractivity contribution in [3.8, 4) is 5.75 Å². The van der Waals surface area contributed by atoms with Crippen LogP contribution in [0.1, 0.15) is 18.9 Å². The first-order chi connectivity index (χ1) is 12.8. The summed E-state index contributed by atoms with van der Waals surface area (Å²) in [7, 11) is 0. The number of anilines is 1. The highest BCUT2D eigenvalue weighted by molar-refractivity contribution is 9.10. The van der Waals surface area contributed by atoms with E-state index in [0.717, 1.165) is 10.0 Å². The minimum absolute atomic E-state index is 0.0821. The number of aryl methyl sites for hydroxylation is 1. The van der Waals surface area contributed by atoms with E-state index in [1.165, 1.54) is 18.2 Å². The third-order valence-corrected chi connectivity index (χ3v) is 3.92. The number of halogens is 2. The quantitative estimate of drug-likeness (QED) is 0.512. The van der Waals surface area contributed by atoms with Gasteiger partial charge in [0.25, 0.3) is 5.91 Å². The second-order valence-electron chi connectivity index (χ2n) is 5.79. The van der Waals surface area contributed by atoms with Crippen LogP contribution in [0.2, 0.25) is 0 Å². The number of amides is 2. The second-order valence-corrected chi connectivity index (χ2v) is 6.70. The second kappa shape index (κ2) is 9.82. The van der Waals surface area contributed by atoms with Crippen LogP contribution in [0.3, 0.4) is 0 Å². The lowest BCUT2D eigenvalue weighted by atomic mass is 10.2. The maximum absolute atomic E-state index is 13.5. The molecule has 0 spiro atoms. The van der Waals surface area contributed by atoms with Crippen LogP contribution in [0.5, 0.6) is 5.75 Å². The number of nitrogens with one attached hydrogen (secondary N) is 2. The molecule has 8 heteroatoms. The summed E-state index contributed by atoms with van der Waals surface area (Å²) < 4.78 is 19.9. The summed E-state index contributed by atoms with van der Waals surface area (Å²) in [4.78, 5) is 23.7. The van der Waals surface area contributed by atoms with Crippen molar-refractivity contribution in [1.82, 2.24) is 5.43 Å². The number of benzene rings is 2. The predicted octanol–water partition coefficient (Wildman–Crippen LogP) is 3.80. The van der Waals surface area contributed by atoms with Gasteiger partial charge < -0.3 is 10.1 Å². The summed E-state index contributed by atoms with van der Waals surface area (Å²) in [5, 5.41) is 6.30. The summed E-state index contributed by atoms with van der Waals surface area (Å²) in [5.74, 6) is -0.809. The van der Waals surface area contributed by atoms with E-state index in [1.54, 1.807) is 19.1 Å². The molecule has 0 saturated carbocycles. The number of hydrogen-bond acceptors (Lipinski definition) is 4. The highest BCUT2D eigenvalue weighted by Crippen LogP contribution is 2.21. The van der Waals surface area contributed by atoms with Gasteiger partial charge in [-0.05, 0) is 49.7 Å². The fraction of sp³-hybridized carbons (Fsp3) is 0.211. The van der Waals surface area contributed by atoms with Crippen molar-refractivity contribution >= 4 is 39.1 Å². The Kier molecular flexibility index (Phi) is 7.48. The van der Waals surface area contributed by atoms with Gasteiger partial charge >= 0.3 is 0 Å². The lowest BCUT2D eigenvalue weighted by molar-refractivity contribution is -0.123. The molecule has 0 saturated heterocycles. The van der Waals surface area contributed by atoms with E-state index in [2.05, 4.69) is 31.8 Å². The van der Waals surface area contributed by atoms with Gasteiger partial charge in [-0.2, -0.15) is 5.10 Å². The molecule has 0 aliphatic heterocycles. The smallest absolute Gasteiger partial charge is 0.277 e. The van der Waals surface area contributed by atoms with E-state index in [4.69, 9.17) is 4.74 Å². The topological polar surface area (TPSA) is 79.8 Å². The van der Waals surface area contributed by atoms with Crippen LogP contribution in [-0.4, -0.2) is 24.1 Å². The number of nitrogens with zero attached hydrogens (tertiary/aromatic N) is 1. The van der Waals surface area contributed by atoms with Gasteiger partial charge in [0.1, 0.15) is 11.6 Å². The molecular weight excluding hydrogens is 417 g/mol. The van der Waals surface area contributed by atoms with Crippen molar-refractivity contribution in [2.75, 3.05) is 11.9 Å². The number of rotatable bonds is 7. The van der Waals surface area contributed by atoms with Gasteiger partial charge in [0.2, 0.25) is 5.91 Å². The first kappa shape index (κ1) is 20.6. The molecular formula is C19H19BrFN3O3. The van der Waals surface area contributed by atoms with Crippen LogP contribution in [0, 0.1) is 12.7 Å². The number of carbonyl (C=O) groups is 2. The normalized spacial score (nSPS) is 11.0. The average molecular weight is 436 g/mol. The van der Waals surface area contributed by atoms with E-state index < -0.39 is 17.6 Å². The maximum Gasteiger partial charge on any atom is 0.277 e. The van der Waals surface area contributed by atoms with Gasteiger partial charge in [-0.3, -0.25) is 9.59 Å². The lowest BCUT2D eigenvalue weighted by Gasteiger charge is -2.09. The molecule has 0 unspecified atom stereocenters. The Balaban J connectivity index is 1.79. The molecule has 27 heavy (non-hydrogen) atoms. The zero-order valence-corrected chi connectivity index (χ0v) is 16.5. The van der Waals surface area contributed by atoms with Crippen LogP contribution in [0.25, 0.3) is 0 Å². The Labute approximate surface area is 164 Å². The number of hydrazone groups is 1. The van der Waals surface area contributed by atoms with Gasteiger partial charge in [0.05, 0.1) is 12.1 Å². The van der Waals surface area contributed by atoms with Crippen LogP contribution in [0.15, 0.2) is 52.0 Å². The van der Waals surface area contributed by atoms with Crippen LogP contribution in [0.4, 0.5) is 10.1 Å². The monoisotopic (exact) mass is 435 g/mol. The molecule has 2 rings (SSSR count). The zero-order chi connectivity index (χ0) is 19.8. The summed E-state index contributed by atoms with van der Waals surface area (Å²) >= 11 is 3.36. The summed E-state index contributed by atoms with van der Waals surface area (Å²) in [6.45, 7) is 3.25. The molecule has 0 heterocycles. The number of ether oxygens (including phenoxy) is 1. The van der Waals surface area contributed by atoms with E-state index in [0.29, 0.717) is 11.5 Å². The van der Waals surface area contributed by atoms with Crippen LogP contribution in [-0.2, 0) is 9.59 Å². The SMILES string of the molecule is CC(CC(=O)Nc1ccccc1F)=NNC(=O)COc1ccc(Br)cc1C. The fourth-order valence-electron chi connectivity index (χ4n) is 2.14. The Bertz CT molecular complexity index is 871. The Morgan fingerprint density at radius 1 is 1.19 bits per heavy atom. The zero-order valence-electron chi connectivity index (χ0n) is 14.9. The van der Waals surface area contributed by atoms with Crippen LogP contribution < -0.4 is 15.5 Å². The molecule has 0 radical (unpaired) electrons. The van der Waals surface area contributed by atoms with Gasteiger partial charge in [0.15, 0.2) is 6.61 Å². The minimum atomic E-state index is -0.519. The van der Waals surface area contributed by atoms with E-state index in [1.807, 2.05) is 19.1 Å². The minimum Gasteiger partial charge on any atom is -0.483 e. The number of hydrogen-bond donors (Lipinski definition) is 2. The molecule has 0 fully saturated rings. The largest absolute Gasteiger partial charge is 0.483 e. The number of carbonyl (C=O) groups excluding carboxylic acids is 2. The molecule has 142 valence electrons. The van der Waals surface area contributed by atoms with Gasteiger partial charge in [0, 0.05) is 10.2 Å². The van der Waals surface area contributed by atoms with Crippen molar-refractivity contribution in [1.29, 1.82) is 0 Å². The highest BCUT2D eigenvalue weighted by Gasteiger charge is 2.09. The van der Waals surface area contributed by atoms with Gasteiger partial charge in [-0.25, -0.2) is 9.82 Å². The molecule has 0 atom stereocenters. The average Bonchev–Trinajstić information content (AvgIpc) is 2.61. The summed E-state index contributed by atoms with van der Waals surface area (Å²) in [6.07, 6.45) is -0.0821. The molecule has 2 aromatic rings. The lowest BCUT2D eigenvalue weighted by Crippen LogP contribution is -2.26. The van der Waals surface area contributed by atoms with E-state index in [-0.39, 0.29) is 18.7 Å². The third-order valence-electron chi connectivity index (χ3n) is 3.43. The van der Waals surface area contributed by atoms with Crippen molar-refractivity contribution in [2.45, 2.75) is 20.3 Å². The first-order valence-electron chi connectivity index (χ1n) is 8.10. The first-order valence-corrected chi connectivity index (χ1v) is 8.90. The summed E-state index contributed by atoms with van der Waals surface area (Å²) in [6, 6.07) is 11.3. The molecule has 2 N–H and O–H groups in total. The Hall–Kier alpha value is -2.74. The van der Waals surface area contributed by atoms with Gasteiger partial charge in [-0.15, -0.1) is 0 Å². The maximum atomic E-state index is 13.5. The Morgan fingerprint density at radius 3 is 2.63 bits per heavy atom. The van der Waals surface area contributed by atoms with E-state index >= 15 is 0 Å². The summed E-state index contributed by atoms with van der Waals surface area (Å²) in [5.41, 5.74) is 3.68. The molecule has 0 aromatic heterocycles. The molecule has 0 aliphatic carbocycles. The molecule has 2 amide bonds. The van der Waals surface area contributed by atoms with Crippen LogP contribution >= 0.6 is 15.9 Å². The molecule has 0 aliphatic rings. The molecule has 0 bridgehead atoms. The molecule has 2 aromatic carbocycles. The Morgan fingerprint density at radius 2 is 1.93 bits per heavy atom. The highest BCUT2D eigenvalue weighted by atomic mass is 79.9. The van der Waals surface area contributed by atoms with Crippen molar-refractivity contribution in [3.05, 3.63) is 58.3 Å². The van der Waals surface area contributed by atoms with Crippen molar-refractivity contribution < 1.29 is 18.7 Å². The third kappa shape index (κ3) is 6.82. The van der Waals surface area contributed by atoms with E-state index in [9.17, 15) is 14.0 Å².